The van der Waals surface area contributed by atoms with Gasteiger partial charge in [-0.2, -0.15) is 0 Å². The molecule has 0 radical (unpaired) electrons. The summed E-state index contributed by atoms with van der Waals surface area (Å²) in [6.45, 7) is 6.58. The maximum Gasteiger partial charge on any atom is 0.248 e. The van der Waals surface area contributed by atoms with E-state index in [0.717, 1.165) is 42.3 Å². The number of para-hydroxylation sites is 1. The number of aliphatic hydroxyl groups is 1. The van der Waals surface area contributed by atoms with Crippen LogP contribution in [0.3, 0.4) is 0 Å². The number of carbonyl (C=O) groups is 2. The van der Waals surface area contributed by atoms with E-state index >= 15 is 0 Å². The number of fused-ring (bicyclic) bond motifs is 1. The first-order valence-electron chi connectivity index (χ1n) is 13.2. The number of likely N-dealkylation sites (tertiary alicyclic amines) is 1. The van der Waals surface area contributed by atoms with Crippen molar-refractivity contribution < 1.29 is 14.7 Å². The van der Waals surface area contributed by atoms with E-state index in [4.69, 9.17) is 0 Å². The number of aliphatic hydroxyl groups excluding tert-OH is 1. The van der Waals surface area contributed by atoms with Gasteiger partial charge in [-0.3, -0.25) is 14.6 Å². The molecule has 2 aliphatic rings. The Balaban J connectivity index is 1.23. The molecule has 1 aliphatic carbocycles. The standard InChI is InChI=1S/C28H36N6O3/c1-28(2,3)25(34-17-23(31-32-34)19-10-11-19)27(37)33-16-20(35)15-24(33)26(36)30-13-6-7-18-12-14-29-22-9-5-4-8-21(18)22/h4-5,8-9,12,14,17,19-20,24-25,35H,6-7,10-11,13,15-16H2,1-3H3,(H,30,36)/t20-,24+,25-/m1/s1. The molecule has 1 aromatic carbocycles. The van der Waals surface area contributed by atoms with Crippen LogP contribution in [0.4, 0.5) is 0 Å². The van der Waals surface area contributed by atoms with Gasteiger partial charge in [0.05, 0.1) is 17.3 Å². The summed E-state index contributed by atoms with van der Waals surface area (Å²) >= 11 is 0. The molecular formula is C28H36N6O3. The zero-order chi connectivity index (χ0) is 26.2. The highest BCUT2D eigenvalue weighted by atomic mass is 16.3. The van der Waals surface area contributed by atoms with E-state index in [2.05, 4.69) is 26.7 Å². The lowest BCUT2D eigenvalue weighted by atomic mass is 9.85. The van der Waals surface area contributed by atoms with Crippen LogP contribution in [0.5, 0.6) is 0 Å². The molecule has 3 atom stereocenters. The minimum Gasteiger partial charge on any atom is -0.391 e. The average Bonchev–Trinajstić information content (AvgIpc) is 3.47. The van der Waals surface area contributed by atoms with E-state index in [1.165, 1.54) is 10.5 Å². The number of hydrogen-bond acceptors (Lipinski definition) is 6. The minimum atomic E-state index is -0.735. The minimum absolute atomic E-state index is 0.136. The number of nitrogens with one attached hydrogen (secondary N) is 1. The van der Waals surface area contributed by atoms with Crippen molar-refractivity contribution in [2.75, 3.05) is 13.1 Å². The molecule has 0 unspecified atom stereocenters. The number of benzene rings is 1. The molecule has 1 aliphatic heterocycles. The van der Waals surface area contributed by atoms with E-state index in [-0.39, 0.29) is 24.8 Å². The van der Waals surface area contributed by atoms with Crippen LogP contribution in [0, 0.1) is 5.41 Å². The first-order valence-corrected chi connectivity index (χ1v) is 13.2. The van der Waals surface area contributed by atoms with Gasteiger partial charge in [0, 0.05) is 43.2 Å². The van der Waals surface area contributed by atoms with E-state index in [0.29, 0.717) is 12.5 Å². The predicted octanol–water partition coefficient (Wildman–Crippen LogP) is 3.00. The Bertz CT molecular complexity index is 1270. The van der Waals surface area contributed by atoms with Gasteiger partial charge in [-0.1, -0.05) is 44.2 Å². The second-order valence-corrected chi connectivity index (χ2v) is 11.4. The third kappa shape index (κ3) is 5.51. The largest absolute Gasteiger partial charge is 0.391 e. The van der Waals surface area contributed by atoms with Crippen LogP contribution in [0.1, 0.15) is 69.7 Å². The summed E-state index contributed by atoms with van der Waals surface area (Å²) in [4.78, 5) is 32.9. The molecule has 3 aromatic rings. The topological polar surface area (TPSA) is 113 Å². The van der Waals surface area contributed by atoms with Crippen molar-refractivity contribution in [3.05, 3.63) is 54.0 Å². The summed E-state index contributed by atoms with van der Waals surface area (Å²) in [5.41, 5.74) is 2.62. The molecule has 0 bridgehead atoms. The number of aryl methyl sites for hydroxylation is 1. The van der Waals surface area contributed by atoms with Gasteiger partial charge in [0.2, 0.25) is 11.8 Å². The number of hydrogen-bond donors (Lipinski definition) is 2. The Morgan fingerprint density at radius 2 is 1.97 bits per heavy atom. The molecule has 2 N–H and O–H groups in total. The third-order valence-corrected chi connectivity index (χ3v) is 7.37. The van der Waals surface area contributed by atoms with E-state index < -0.39 is 23.6 Å². The van der Waals surface area contributed by atoms with Gasteiger partial charge in [0.15, 0.2) is 0 Å². The lowest BCUT2D eigenvalue weighted by Crippen LogP contribution is -2.50. The van der Waals surface area contributed by atoms with Crippen LogP contribution in [-0.2, 0) is 16.0 Å². The van der Waals surface area contributed by atoms with Crippen LogP contribution >= 0.6 is 0 Å². The number of rotatable bonds is 8. The molecule has 3 heterocycles. The third-order valence-electron chi connectivity index (χ3n) is 7.37. The zero-order valence-corrected chi connectivity index (χ0v) is 21.8. The monoisotopic (exact) mass is 504 g/mol. The lowest BCUT2D eigenvalue weighted by Gasteiger charge is -2.34. The first kappa shape index (κ1) is 25.3. The Kier molecular flexibility index (Phi) is 6.98. The van der Waals surface area contributed by atoms with Crippen LogP contribution in [-0.4, -0.2) is 67.0 Å². The van der Waals surface area contributed by atoms with E-state index in [9.17, 15) is 14.7 Å². The van der Waals surface area contributed by atoms with Crippen LogP contribution in [0.2, 0.25) is 0 Å². The number of nitrogens with zero attached hydrogens (tertiary/aromatic N) is 5. The van der Waals surface area contributed by atoms with Gasteiger partial charge in [-0.15, -0.1) is 5.10 Å². The maximum atomic E-state index is 13.8. The number of pyridine rings is 1. The van der Waals surface area contributed by atoms with E-state index in [1.807, 2.05) is 57.4 Å². The van der Waals surface area contributed by atoms with Crippen LogP contribution in [0.25, 0.3) is 10.9 Å². The molecular weight excluding hydrogens is 468 g/mol. The van der Waals surface area contributed by atoms with Crippen molar-refractivity contribution >= 4 is 22.7 Å². The van der Waals surface area contributed by atoms with Gasteiger partial charge in [0.25, 0.3) is 0 Å². The second kappa shape index (κ2) is 10.2. The maximum absolute atomic E-state index is 13.8. The fraction of sp³-hybridized carbons (Fsp3) is 0.536. The fourth-order valence-corrected chi connectivity index (χ4v) is 5.31. The Morgan fingerprint density at radius 3 is 2.73 bits per heavy atom. The number of β-amino-alcohol motifs (C(OH)–C–C–N with tert-alkyl or cyclic N) is 1. The van der Waals surface area contributed by atoms with Gasteiger partial charge in [-0.25, -0.2) is 4.68 Å². The summed E-state index contributed by atoms with van der Waals surface area (Å²) < 4.78 is 1.65. The fourth-order valence-electron chi connectivity index (χ4n) is 5.31. The summed E-state index contributed by atoms with van der Waals surface area (Å²) in [6, 6.07) is 8.73. The average molecular weight is 505 g/mol. The lowest BCUT2D eigenvalue weighted by molar-refractivity contribution is -0.144. The van der Waals surface area contributed by atoms with Crippen LogP contribution in [0.15, 0.2) is 42.7 Å². The van der Waals surface area contributed by atoms with Crippen molar-refractivity contribution in [1.29, 1.82) is 0 Å². The van der Waals surface area contributed by atoms with Crippen molar-refractivity contribution in [2.24, 2.45) is 5.41 Å². The molecule has 2 aromatic heterocycles. The smallest absolute Gasteiger partial charge is 0.248 e. The van der Waals surface area contributed by atoms with Gasteiger partial charge >= 0.3 is 0 Å². The van der Waals surface area contributed by atoms with Gasteiger partial charge in [-0.05, 0) is 48.8 Å². The molecule has 9 nitrogen and oxygen atoms in total. The molecule has 1 saturated heterocycles. The highest BCUT2D eigenvalue weighted by molar-refractivity contribution is 5.90. The van der Waals surface area contributed by atoms with Gasteiger partial charge < -0.3 is 15.3 Å². The van der Waals surface area contributed by atoms with Crippen molar-refractivity contribution in [2.45, 2.75) is 77.0 Å². The SMILES string of the molecule is CC(C)(C)[C@@H](C(=O)N1C[C@H](O)C[C@H]1C(=O)NCCCc1ccnc2ccccc12)n1cc(C2CC2)nn1. The molecule has 37 heavy (non-hydrogen) atoms. The summed E-state index contributed by atoms with van der Waals surface area (Å²) in [5.74, 6) is -0.00384. The number of amides is 2. The zero-order valence-electron chi connectivity index (χ0n) is 21.8. The Hall–Kier alpha value is -3.33. The van der Waals surface area contributed by atoms with E-state index in [1.54, 1.807) is 4.68 Å². The molecule has 2 amide bonds. The molecule has 2 fully saturated rings. The normalized spacial score (nSPS) is 20.8. The molecule has 1 saturated carbocycles. The Labute approximate surface area is 217 Å². The van der Waals surface area contributed by atoms with Crippen LogP contribution < -0.4 is 5.32 Å². The molecule has 196 valence electrons. The Morgan fingerprint density at radius 1 is 1.19 bits per heavy atom. The van der Waals surface area contributed by atoms with Crippen molar-refractivity contribution in [3.63, 3.8) is 0 Å². The number of carbonyl (C=O) groups excluding carboxylic acids is 2. The summed E-state index contributed by atoms with van der Waals surface area (Å²) in [5, 5.41) is 23.1. The molecule has 9 heteroatoms. The summed E-state index contributed by atoms with van der Waals surface area (Å²) in [6.07, 6.45) is 6.95. The molecule has 5 rings (SSSR count). The predicted molar refractivity (Wildman–Crippen MR) is 140 cm³/mol. The second-order valence-electron chi connectivity index (χ2n) is 11.4. The molecule has 0 spiro atoms. The number of aromatic nitrogens is 4. The quantitative estimate of drug-likeness (QED) is 0.456. The van der Waals surface area contributed by atoms with Crippen molar-refractivity contribution in [3.8, 4) is 0 Å². The summed E-state index contributed by atoms with van der Waals surface area (Å²) in [7, 11) is 0. The van der Waals surface area contributed by atoms with Gasteiger partial charge in [0.1, 0.15) is 12.1 Å². The first-order chi connectivity index (χ1) is 17.7. The highest BCUT2D eigenvalue weighted by Gasteiger charge is 2.45. The highest BCUT2D eigenvalue weighted by Crippen LogP contribution is 2.40. The van der Waals surface area contributed by atoms with Crippen molar-refractivity contribution in [1.82, 2.24) is 30.2 Å².